The summed E-state index contributed by atoms with van der Waals surface area (Å²) in [5.41, 5.74) is 0. The lowest BCUT2D eigenvalue weighted by molar-refractivity contribution is 0.0320. The van der Waals surface area contributed by atoms with Crippen molar-refractivity contribution in [2.75, 3.05) is 73.7 Å². The van der Waals surface area contributed by atoms with E-state index in [1.54, 1.807) is 7.11 Å². The summed E-state index contributed by atoms with van der Waals surface area (Å²) in [5.74, 6) is 3.10. The third-order valence-corrected chi connectivity index (χ3v) is 4.61. The molecule has 1 aromatic rings. The largest absolute Gasteiger partial charge is 0.497 e. The molecule has 1 heterocycles. The molecule has 0 saturated carbocycles. The van der Waals surface area contributed by atoms with Crippen LogP contribution in [0, 0.1) is 5.92 Å². The summed E-state index contributed by atoms with van der Waals surface area (Å²) in [5, 5.41) is 3.47. The van der Waals surface area contributed by atoms with Gasteiger partial charge in [0.2, 0.25) is 0 Å². The summed E-state index contributed by atoms with van der Waals surface area (Å²) in [7, 11) is 5.50. The molecule has 0 spiro atoms. The molecule has 1 saturated heterocycles. The summed E-state index contributed by atoms with van der Waals surface area (Å²) >= 11 is 0. The van der Waals surface area contributed by atoms with E-state index in [0.29, 0.717) is 12.5 Å². The van der Waals surface area contributed by atoms with Crippen LogP contribution < -0.4 is 14.8 Å². The van der Waals surface area contributed by atoms with Gasteiger partial charge in [0.15, 0.2) is 5.96 Å². The van der Waals surface area contributed by atoms with Crippen LogP contribution in [-0.2, 0) is 4.74 Å². The SMILES string of the molecule is CN=C(NCC(C)CN1CCOCC1)N(C)CCOc1ccc(OC)cc1.I. The van der Waals surface area contributed by atoms with Gasteiger partial charge in [0.1, 0.15) is 18.1 Å². The van der Waals surface area contributed by atoms with Crippen LogP contribution in [0.1, 0.15) is 6.92 Å². The van der Waals surface area contributed by atoms with E-state index in [4.69, 9.17) is 14.2 Å². The van der Waals surface area contributed by atoms with Crippen molar-refractivity contribution < 1.29 is 14.2 Å². The predicted molar refractivity (Wildman–Crippen MR) is 124 cm³/mol. The van der Waals surface area contributed by atoms with Crippen molar-refractivity contribution in [3.05, 3.63) is 24.3 Å². The molecule has 7 nitrogen and oxygen atoms in total. The Balaban J connectivity index is 0.00000392. The maximum atomic E-state index is 5.80. The Morgan fingerprint density at radius 2 is 1.89 bits per heavy atom. The van der Waals surface area contributed by atoms with Crippen molar-refractivity contribution in [3.8, 4) is 11.5 Å². The van der Waals surface area contributed by atoms with Crippen LogP contribution in [0.4, 0.5) is 0 Å². The molecule has 2 rings (SSSR count). The number of guanidine groups is 1. The average molecular weight is 506 g/mol. The third kappa shape index (κ3) is 8.83. The number of morpholine rings is 1. The number of benzene rings is 1. The van der Waals surface area contributed by atoms with Gasteiger partial charge in [0, 0.05) is 40.3 Å². The number of hydrogen-bond acceptors (Lipinski definition) is 5. The van der Waals surface area contributed by atoms with Gasteiger partial charge in [-0.25, -0.2) is 0 Å². The highest BCUT2D eigenvalue weighted by molar-refractivity contribution is 14.0. The zero-order valence-electron chi connectivity index (χ0n) is 17.5. The van der Waals surface area contributed by atoms with Gasteiger partial charge < -0.3 is 24.4 Å². The van der Waals surface area contributed by atoms with Crippen molar-refractivity contribution >= 4 is 29.9 Å². The number of nitrogens with one attached hydrogen (secondary N) is 1. The molecule has 1 unspecified atom stereocenters. The van der Waals surface area contributed by atoms with Crippen molar-refractivity contribution in [3.63, 3.8) is 0 Å². The first-order valence-electron chi connectivity index (χ1n) is 9.61. The van der Waals surface area contributed by atoms with E-state index in [2.05, 4.69) is 27.0 Å². The number of halogens is 1. The van der Waals surface area contributed by atoms with Gasteiger partial charge >= 0.3 is 0 Å². The second-order valence-electron chi connectivity index (χ2n) is 6.89. The molecule has 0 bridgehead atoms. The Hall–Kier alpha value is -1.26. The molecule has 0 radical (unpaired) electrons. The first kappa shape index (κ1) is 24.8. The number of methoxy groups -OCH3 is 1. The van der Waals surface area contributed by atoms with Gasteiger partial charge in [-0.15, -0.1) is 24.0 Å². The number of hydrogen-bond donors (Lipinski definition) is 1. The number of ether oxygens (including phenoxy) is 3. The summed E-state index contributed by atoms with van der Waals surface area (Å²) in [6, 6.07) is 7.63. The first-order chi connectivity index (χ1) is 13.1. The third-order valence-electron chi connectivity index (χ3n) is 4.61. The Labute approximate surface area is 186 Å². The molecule has 1 aliphatic rings. The number of likely N-dealkylation sites (N-methyl/N-ethyl adjacent to an activating group) is 1. The van der Waals surface area contributed by atoms with Crippen LogP contribution in [0.25, 0.3) is 0 Å². The van der Waals surface area contributed by atoms with Gasteiger partial charge in [0.25, 0.3) is 0 Å². The number of rotatable bonds is 9. The van der Waals surface area contributed by atoms with E-state index < -0.39 is 0 Å². The smallest absolute Gasteiger partial charge is 0.193 e. The first-order valence-corrected chi connectivity index (χ1v) is 9.61. The number of nitrogens with zero attached hydrogens (tertiary/aromatic N) is 3. The van der Waals surface area contributed by atoms with E-state index in [0.717, 1.165) is 63.4 Å². The zero-order chi connectivity index (χ0) is 19.5. The second-order valence-corrected chi connectivity index (χ2v) is 6.89. The zero-order valence-corrected chi connectivity index (χ0v) is 19.8. The lowest BCUT2D eigenvalue weighted by Crippen LogP contribution is -2.45. The van der Waals surface area contributed by atoms with E-state index in [-0.39, 0.29) is 24.0 Å². The minimum Gasteiger partial charge on any atom is -0.497 e. The Morgan fingerprint density at radius 3 is 2.50 bits per heavy atom. The molecule has 0 aliphatic carbocycles. The maximum absolute atomic E-state index is 5.80. The summed E-state index contributed by atoms with van der Waals surface area (Å²) in [4.78, 5) is 8.93. The summed E-state index contributed by atoms with van der Waals surface area (Å²) < 4.78 is 16.4. The second kappa shape index (κ2) is 13.8. The highest BCUT2D eigenvalue weighted by atomic mass is 127. The highest BCUT2D eigenvalue weighted by Crippen LogP contribution is 2.16. The van der Waals surface area contributed by atoms with Crippen LogP contribution >= 0.6 is 24.0 Å². The van der Waals surface area contributed by atoms with Gasteiger partial charge in [-0.2, -0.15) is 0 Å². The minimum absolute atomic E-state index is 0. The molecular formula is C20H35IN4O3. The number of aliphatic imine (C=N–C) groups is 1. The summed E-state index contributed by atoms with van der Waals surface area (Å²) in [6.45, 7) is 9.34. The molecule has 0 amide bonds. The molecule has 0 aromatic heterocycles. The molecular weight excluding hydrogens is 471 g/mol. The molecule has 1 fully saturated rings. The fraction of sp³-hybridized carbons (Fsp3) is 0.650. The molecule has 1 aromatic carbocycles. The van der Waals surface area contributed by atoms with Crippen LogP contribution in [0.5, 0.6) is 11.5 Å². The summed E-state index contributed by atoms with van der Waals surface area (Å²) in [6.07, 6.45) is 0. The fourth-order valence-corrected chi connectivity index (χ4v) is 3.02. The Morgan fingerprint density at radius 1 is 1.25 bits per heavy atom. The van der Waals surface area contributed by atoms with E-state index in [1.807, 2.05) is 38.4 Å². The topological polar surface area (TPSA) is 58.6 Å². The van der Waals surface area contributed by atoms with Crippen LogP contribution in [-0.4, -0.2) is 89.5 Å². The highest BCUT2D eigenvalue weighted by Gasteiger charge is 2.14. The van der Waals surface area contributed by atoms with Crippen molar-refractivity contribution in [2.45, 2.75) is 6.92 Å². The normalized spacial score (nSPS) is 16.1. The molecule has 8 heteroatoms. The Kier molecular flexibility index (Phi) is 12.2. The maximum Gasteiger partial charge on any atom is 0.193 e. The van der Waals surface area contributed by atoms with Crippen LogP contribution in [0.3, 0.4) is 0 Å². The lowest BCUT2D eigenvalue weighted by Gasteiger charge is -2.30. The van der Waals surface area contributed by atoms with Gasteiger partial charge in [0.05, 0.1) is 26.9 Å². The Bertz CT molecular complexity index is 565. The predicted octanol–water partition coefficient (Wildman–Crippen LogP) is 2.17. The standard InChI is InChI=1S/C20H34N4O3.HI/c1-17(16-24-10-12-26-13-11-24)15-22-20(21-2)23(3)9-14-27-19-7-5-18(25-4)6-8-19;/h5-8,17H,9-16H2,1-4H3,(H,21,22);1H. The average Bonchev–Trinajstić information content (AvgIpc) is 2.69. The minimum atomic E-state index is 0. The lowest BCUT2D eigenvalue weighted by atomic mass is 10.1. The van der Waals surface area contributed by atoms with Crippen LogP contribution in [0.2, 0.25) is 0 Å². The van der Waals surface area contributed by atoms with Gasteiger partial charge in [-0.1, -0.05) is 6.92 Å². The van der Waals surface area contributed by atoms with Gasteiger partial charge in [-0.05, 0) is 30.2 Å². The van der Waals surface area contributed by atoms with Crippen molar-refractivity contribution in [1.82, 2.24) is 15.1 Å². The molecule has 1 aliphatic heterocycles. The van der Waals surface area contributed by atoms with E-state index >= 15 is 0 Å². The quantitative estimate of drug-likeness (QED) is 0.315. The van der Waals surface area contributed by atoms with E-state index in [1.165, 1.54) is 0 Å². The monoisotopic (exact) mass is 506 g/mol. The van der Waals surface area contributed by atoms with Crippen LogP contribution in [0.15, 0.2) is 29.3 Å². The van der Waals surface area contributed by atoms with Gasteiger partial charge in [-0.3, -0.25) is 9.89 Å². The molecule has 1 N–H and O–H groups in total. The van der Waals surface area contributed by atoms with Crippen molar-refractivity contribution in [1.29, 1.82) is 0 Å². The molecule has 160 valence electrons. The fourth-order valence-electron chi connectivity index (χ4n) is 3.02. The van der Waals surface area contributed by atoms with Crippen molar-refractivity contribution in [2.24, 2.45) is 10.9 Å². The molecule has 1 atom stereocenters. The molecule has 28 heavy (non-hydrogen) atoms. The van der Waals surface area contributed by atoms with E-state index in [9.17, 15) is 0 Å².